The van der Waals surface area contributed by atoms with Crippen LogP contribution in [0.2, 0.25) is 0 Å². The number of halogens is 1. The Morgan fingerprint density at radius 2 is 2.28 bits per heavy atom. The van der Waals surface area contributed by atoms with Gasteiger partial charge in [0.05, 0.1) is 6.54 Å². The quantitative estimate of drug-likeness (QED) is 0.701. The number of anilines is 1. The Labute approximate surface area is 104 Å². The van der Waals surface area contributed by atoms with Gasteiger partial charge in [-0.15, -0.1) is 0 Å². The normalized spacial score (nSPS) is 19.2. The molecule has 5 nitrogen and oxygen atoms in total. The number of piperazine rings is 1. The highest BCUT2D eigenvalue weighted by Gasteiger charge is 2.23. The van der Waals surface area contributed by atoms with E-state index in [4.69, 9.17) is 0 Å². The van der Waals surface area contributed by atoms with E-state index >= 15 is 0 Å². The molecule has 1 aliphatic heterocycles. The van der Waals surface area contributed by atoms with Crippen LogP contribution in [0.5, 0.6) is 0 Å². The number of hydrogen-bond acceptors (Lipinski definition) is 3. The number of carbonyl (C=O) groups is 2. The van der Waals surface area contributed by atoms with Crippen LogP contribution in [0.25, 0.3) is 0 Å². The summed E-state index contributed by atoms with van der Waals surface area (Å²) >= 11 is 0. The molecule has 2 rings (SSSR count). The summed E-state index contributed by atoms with van der Waals surface area (Å²) in [5.41, 5.74) is 1.23. The average molecular weight is 251 g/mol. The van der Waals surface area contributed by atoms with E-state index in [0.717, 1.165) is 0 Å². The molecule has 2 amide bonds. The highest BCUT2D eigenvalue weighted by atomic mass is 19.1. The van der Waals surface area contributed by atoms with Gasteiger partial charge in [0.25, 0.3) is 0 Å². The summed E-state index contributed by atoms with van der Waals surface area (Å²) in [6, 6.07) is 3.70. The first-order chi connectivity index (χ1) is 8.56. The van der Waals surface area contributed by atoms with Gasteiger partial charge in [-0.2, -0.15) is 0 Å². The molecule has 18 heavy (non-hydrogen) atoms. The molecule has 0 radical (unpaired) electrons. The van der Waals surface area contributed by atoms with Gasteiger partial charge in [-0.1, -0.05) is 0 Å². The zero-order valence-corrected chi connectivity index (χ0v) is 9.92. The minimum Gasteiger partial charge on any atom is -0.353 e. The average Bonchev–Trinajstić information content (AvgIpc) is 2.33. The van der Waals surface area contributed by atoms with E-state index < -0.39 is 6.04 Å². The second kappa shape index (κ2) is 5.14. The van der Waals surface area contributed by atoms with E-state index in [-0.39, 0.29) is 30.7 Å². The summed E-state index contributed by atoms with van der Waals surface area (Å²) in [5, 5.41) is 8.12. The summed E-state index contributed by atoms with van der Waals surface area (Å²) in [4.78, 5) is 22.8. The highest BCUT2D eigenvalue weighted by Crippen LogP contribution is 2.15. The van der Waals surface area contributed by atoms with Crippen molar-refractivity contribution in [2.24, 2.45) is 0 Å². The van der Waals surface area contributed by atoms with Gasteiger partial charge in [-0.25, -0.2) is 4.39 Å². The first-order valence-corrected chi connectivity index (χ1v) is 5.63. The van der Waals surface area contributed by atoms with Crippen LogP contribution in [0.15, 0.2) is 18.2 Å². The maximum atomic E-state index is 12.9. The number of hydrogen-bond donors (Lipinski definition) is 3. The maximum Gasteiger partial charge on any atom is 0.243 e. The standard InChI is InChI=1S/C12H14FN3O2/c1-7-4-8(13)2-3-9(7)16-12(18)10-5-15-11(17)6-14-10/h2-4,10,14H,5-6H2,1H3,(H,15,17)(H,16,18). The van der Waals surface area contributed by atoms with Crippen molar-refractivity contribution in [3.8, 4) is 0 Å². The molecular formula is C12H14FN3O2. The van der Waals surface area contributed by atoms with Gasteiger partial charge in [0.15, 0.2) is 0 Å². The SMILES string of the molecule is Cc1cc(F)ccc1NC(=O)C1CNC(=O)CN1. The van der Waals surface area contributed by atoms with E-state index in [9.17, 15) is 14.0 Å². The molecular weight excluding hydrogens is 237 g/mol. The number of rotatable bonds is 2. The minimum atomic E-state index is -0.466. The van der Waals surface area contributed by atoms with E-state index in [1.54, 1.807) is 6.92 Å². The molecule has 1 atom stereocenters. The highest BCUT2D eigenvalue weighted by molar-refractivity contribution is 5.97. The van der Waals surface area contributed by atoms with Crippen LogP contribution in [0.4, 0.5) is 10.1 Å². The van der Waals surface area contributed by atoms with Crippen LogP contribution in [-0.4, -0.2) is 30.9 Å². The summed E-state index contributed by atoms with van der Waals surface area (Å²) in [7, 11) is 0. The van der Waals surface area contributed by atoms with Gasteiger partial charge >= 0.3 is 0 Å². The van der Waals surface area contributed by atoms with Crippen molar-refractivity contribution in [3.63, 3.8) is 0 Å². The first kappa shape index (κ1) is 12.5. The van der Waals surface area contributed by atoms with Crippen molar-refractivity contribution in [2.45, 2.75) is 13.0 Å². The lowest BCUT2D eigenvalue weighted by molar-refractivity contribution is -0.124. The number of nitrogens with one attached hydrogen (secondary N) is 3. The van der Waals surface area contributed by atoms with E-state index in [2.05, 4.69) is 16.0 Å². The Hall–Kier alpha value is -1.95. The summed E-state index contributed by atoms with van der Waals surface area (Å²) in [6.07, 6.45) is 0. The molecule has 96 valence electrons. The van der Waals surface area contributed by atoms with Gasteiger partial charge < -0.3 is 10.6 Å². The Balaban J connectivity index is 2.00. The van der Waals surface area contributed by atoms with Crippen LogP contribution < -0.4 is 16.0 Å². The Morgan fingerprint density at radius 3 is 2.89 bits per heavy atom. The topological polar surface area (TPSA) is 70.2 Å². The van der Waals surface area contributed by atoms with Crippen LogP contribution in [0.1, 0.15) is 5.56 Å². The second-order valence-corrected chi connectivity index (χ2v) is 4.19. The molecule has 1 aliphatic rings. The fourth-order valence-electron chi connectivity index (χ4n) is 1.74. The zero-order chi connectivity index (χ0) is 13.1. The molecule has 1 saturated heterocycles. The van der Waals surface area contributed by atoms with Crippen molar-refractivity contribution in [1.29, 1.82) is 0 Å². The van der Waals surface area contributed by atoms with Crippen molar-refractivity contribution in [1.82, 2.24) is 10.6 Å². The van der Waals surface area contributed by atoms with Crippen LogP contribution in [-0.2, 0) is 9.59 Å². The van der Waals surface area contributed by atoms with Crippen LogP contribution in [0.3, 0.4) is 0 Å². The largest absolute Gasteiger partial charge is 0.353 e. The fraction of sp³-hybridized carbons (Fsp3) is 0.333. The van der Waals surface area contributed by atoms with Gasteiger partial charge in [0.1, 0.15) is 11.9 Å². The van der Waals surface area contributed by atoms with Gasteiger partial charge in [-0.3, -0.25) is 14.9 Å². The lowest BCUT2D eigenvalue weighted by atomic mass is 10.1. The third-order valence-electron chi connectivity index (χ3n) is 2.78. The van der Waals surface area contributed by atoms with Gasteiger partial charge in [0.2, 0.25) is 11.8 Å². The number of carbonyl (C=O) groups excluding carboxylic acids is 2. The van der Waals surface area contributed by atoms with Crippen molar-refractivity contribution in [3.05, 3.63) is 29.6 Å². The summed E-state index contributed by atoms with van der Waals surface area (Å²) < 4.78 is 12.9. The number of aryl methyl sites for hydroxylation is 1. The molecule has 0 spiro atoms. The lowest BCUT2D eigenvalue weighted by Crippen LogP contribution is -2.56. The molecule has 3 N–H and O–H groups in total. The molecule has 1 fully saturated rings. The Bertz CT molecular complexity index is 480. The number of amides is 2. The molecule has 1 aromatic rings. The third kappa shape index (κ3) is 2.84. The Morgan fingerprint density at radius 1 is 1.50 bits per heavy atom. The molecule has 0 saturated carbocycles. The predicted octanol–water partition coefficient (Wildman–Crippen LogP) is 0.161. The van der Waals surface area contributed by atoms with E-state index in [0.29, 0.717) is 11.3 Å². The molecule has 0 aromatic heterocycles. The predicted molar refractivity (Wildman–Crippen MR) is 64.6 cm³/mol. The van der Waals surface area contributed by atoms with Crippen LogP contribution >= 0.6 is 0 Å². The second-order valence-electron chi connectivity index (χ2n) is 4.19. The van der Waals surface area contributed by atoms with Gasteiger partial charge in [-0.05, 0) is 30.7 Å². The van der Waals surface area contributed by atoms with Crippen molar-refractivity contribution in [2.75, 3.05) is 18.4 Å². The zero-order valence-electron chi connectivity index (χ0n) is 9.92. The monoisotopic (exact) mass is 251 g/mol. The van der Waals surface area contributed by atoms with E-state index in [1.165, 1.54) is 18.2 Å². The molecule has 0 bridgehead atoms. The van der Waals surface area contributed by atoms with Crippen LogP contribution in [0, 0.1) is 12.7 Å². The molecule has 1 aromatic carbocycles. The molecule has 6 heteroatoms. The van der Waals surface area contributed by atoms with Crippen molar-refractivity contribution >= 4 is 17.5 Å². The minimum absolute atomic E-state index is 0.125. The van der Waals surface area contributed by atoms with E-state index in [1.807, 2.05) is 0 Å². The van der Waals surface area contributed by atoms with Gasteiger partial charge in [0, 0.05) is 12.2 Å². The maximum absolute atomic E-state index is 12.9. The lowest BCUT2D eigenvalue weighted by Gasteiger charge is -2.23. The molecule has 1 heterocycles. The first-order valence-electron chi connectivity index (χ1n) is 5.63. The smallest absolute Gasteiger partial charge is 0.243 e. The third-order valence-corrected chi connectivity index (χ3v) is 2.78. The summed E-state index contributed by atoms with van der Waals surface area (Å²) in [5.74, 6) is -0.713. The molecule has 0 aliphatic carbocycles. The fourth-order valence-corrected chi connectivity index (χ4v) is 1.74. The Kier molecular flexibility index (Phi) is 3.57. The summed E-state index contributed by atoms with van der Waals surface area (Å²) in [6.45, 7) is 2.10. The molecule has 1 unspecified atom stereocenters. The number of benzene rings is 1. The van der Waals surface area contributed by atoms with Crippen molar-refractivity contribution < 1.29 is 14.0 Å².